The SMILES string of the molecule is CC[C@H](C(=O)O[C@H]1Cc2ccccc2[C@H]1NC(C)=O)c1ccccc1. The molecule has 1 amide bonds. The fourth-order valence-corrected chi connectivity index (χ4v) is 3.51. The summed E-state index contributed by atoms with van der Waals surface area (Å²) in [5.74, 6) is -0.650. The van der Waals surface area contributed by atoms with Gasteiger partial charge in [0.25, 0.3) is 0 Å². The number of hydrogen-bond acceptors (Lipinski definition) is 3. The Labute approximate surface area is 148 Å². The second-order valence-electron chi connectivity index (χ2n) is 6.43. The summed E-state index contributed by atoms with van der Waals surface area (Å²) in [6, 6.07) is 17.3. The van der Waals surface area contributed by atoms with Crippen LogP contribution in [0.3, 0.4) is 0 Å². The predicted molar refractivity (Wildman–Crippen MR) is 96.1 cm³/mol. The number of amides is 1. The third kappa shape index (κ3) is 3.73. The molecule has 0 aliphatic heterocycles. The molecule has 0 bridgehead atoms. The van der Waals surface area contributed by atoms with Gasteiger partial charge in [0.2, 0.25) is 5.91 Å². The van der Waals surface area contributed by atoms with Crippen molar-refractivity contribution in [3.63, 3.8) is 0 Å². The minimum Gasteiger partial charge on any atom is -0.459 e. The molecule has 3 atom stereocenters. The highest BCUT2D eigenvalue weighted by molar-refractivity contribution is 5.79. The van der Waals surface area contributed by atoms with Gasteiger partial charge in [-0.1, -0.05) is 61.5 Å². The topological polar surface area (TPSA) is 55.4 Å². The number of carbonyl (C=O) groups excluding carboxylic acids is 2. The number of benzene rings is 2. The molecular weight excluding hydrogens is 314 g/mol. The Morgan fingerprint density at radius 1 is 1.12 bits per heavy atom. The van der Waals surface area contributed by atoms with Crippen LogP contribution in [0.15, 0.2) is 54.6 Å². The largest absolute Gasteiger partial charge is 0.459 e. The summed E-state index contributed by atoms with van der Waals surface area (Å²) >= 11 is 0. The van der Waals surface area contributed by atoms with E-state index in [1.165, 1.54) is 6.92 Å². The summed E-state index contributed by atoms with van der Waals surface area (Å²) in [6.45, 7) is 3.46. The zero-order valence-electron chi connectivity index (χ0n) is 14.6. The highest BCUT2D eigenvalue weighted by Crippen LogP contribution is 2.34. The van der Waals surface area contributed by atoms with Crippen LogP contribution in [0, 0.1) is 0 Å². The Bertz CT molecular complexity index is 757. The van der Waals surface area contributed by atoms with E-state index in [2.05, 4.69) is 5.32 Å². The van der Waals surface area contributed by atoms with Crippen molar-refractivity contribution < 1.29 is 14.3 Å². The van der Waals surface area contributed by atoms with E-state index < -0.39 is 0 Å². The average Bonchev–Trinajstić information content (AvgIpc) is 2.93. The molecule has 0 fully saturated rings. The summed E-state index contributed by atoms with van der Waals surface area (Å²) in [7, 11) is 0. The highest BCUT2D eigenvalue weighted by Gasteiger charge is 2.36. The number of fused-ring (bicyclic) bond motifs is 1. The number of hydrogen-bond donors (Lipinski definition) is 1. The maximum atomic E-state index is 12.8. The lowest BCUT2D eigenvalue weighted by Crippen LogP contribution is -2.36. The van der Waals surface area contributed by atoms with E-state index in [1.54, 1.807) is 0 Å². The molecule has 4 heteroatoms. The lowest BCUT2D eigenvalue weighted by Gasteiger charge is -2.24. The molecule has 0 spiro atoms. The van der Waals surface area contributed by atoms with Crippen LogP contribution in [0.5, 0.6) is 0 Å². The van der Waals surface area contributed by atoms with Crippen LogP contribution in [0.1, 0.15) is 48.9 Å². The molecule has 0 saturated heterocycles. The Kier molecular flexibility index (Phi) is 5.17. The molecule has 0 unspecified atom stereocenters. The molecule has 1 N–H and O–H groups in total. The van der Waals surface area contributed by atoms with Crippen LogP contribution in [0.2, 0.25) is 0 Å². The van der Waals surface area contributed by atoms with Crippen LogP contribution in [-0.4, -0.2) is 18.0 Å². The van der Waals surface area contributed by atoms with E-state index >= 15 is 0 Å². The molecule has 4 nitrogen and oxygen atoms in total. The summed E-state index contributed by atoms with van der Waals surface area (Å²) in [6.07, 6.45) is 0.928. The minimum absolute atomic E-state index is 0.127. The minimum atomic E-state index is -0.369. The molecule has 25 heavy (non-hydrogen) atoms. The third-order valence-electron chi connectivity index (χ3n) is 4.70. The van der Waals surface area contributed by atoms with E-state index in [1.807, 2.05) is 61.5 Å². The molecule has 130 valence electrons. The van der Waals surface area contributed by atoms with Crippen molar-refractivity contribution in [2.24, 2.45) is 0 Å². The van der Waals surface area contributed by atoms with Gasteiger partial charge in [0.1, 0.15) is 6.10 Å². The van der Waals surface area contributed by atoms with Gasteiger partial charge in [-0.2, -0.15) is 0 Å². The number of nitrogens with one attached hydrogen (secondary N) is 1. The van der Waals surface area contributed by atoms with Gasteiger partial charge < -0.3 is 10.1 Å². The first-order valence-electron chi connectivity index (χ1n) is 8.70. The van der Waals surface area contributed by atoms with Crippen LogP contribution in [0.25, 0.3) is 0 Å². The first kappa shape index (κ1) is 17.2. The van der Waals surface area contributed by atoms with Gasteiger partial charge in [-0.05, 0) is 23.1 Å². The number of esters is 1. The summed E-state index contributed by atoms with van der Waals surface area (Å²) in [4.78, 5) is 24.4. The third-order valence-corrected chi connectivity index (χ3v) is 4.70. The van der Waals surface area contributed by atoms with E-state index in [4.69, 9.17) is 4.74 Å². The number of rotatable bonds is 5. The molecule has 2 aromatic rings. The van der Waals surface area contributed by atoms with Gasteiger partial charge in [-0.25, -0.2) is 0 Å². The molecule has 3 rings (SSSR count). The molecule has 0 heterocycles. The van der Waals surface area contributed by atoms with Crippen molar-refractivity contribution >= 4 is 11.9 Å². The molecule has 0 aromatic heterocycles. The zero-order chi connectivity index (χ0) is 17.8. The van der Waals surface area contributed by atoms with Crippen molar-refractivity contribution in [1.82, 2.24) is 5.32 Å². The Hall–Kier alpha value is -2.62. The summed E-state index contributed by atoms with van der Waals surface area (Å²) in [5.41, 5.74) is 3.11. The van der Waals surface area contributed by atoms with Gasteiger partial charge >= 0.3 is 5.97 Å². The highest BCUT2D eigenvalue weighted by atomic mass is 16.5. The van der Waals surface area contributed by atoms with E-state index in [9.17, 15) is 9.59 Å². The van der Waals surface area contributed by atoms with Gasteiger partial charge in [0, 0.05) is 13.3 Å². The average molecular weight is 337 g/mol. The second kappa shape index (κ2) is 7.51. The molecule has 0 radical (unpaired) electrons. The smallest absolute Gasteiger partial charge is 0.313 e. The molecule has 2 aromatic carbocycles. The van der Waals surface area contributed by atoms with Crippen molar-refractivity contribution in [3.05, 3.63) is 71.3 Å². The second-order valence-corrected chi connectivity index (χ2v) is 6.43. The first-order valence-corrected chi connectivity index (χ1v) is 8.70. The van der Waals surface area contributed by atoms with Crippen molar-refractivity contribution in [3.8, 4) is 0 Å². The number of carbonyl (C=O) groups is 2. The normalized spacial score (nSPS) is 19.8. The fraction of sp³-hybridized carbons (Fsp3) is 0.333. The van der Waals surface area contributed by atoms with Crippen molar-refractivity contribution in [2.75, 3.05) is 0 Å². The standard InChI is InChI=1S/C21H23NO3/c1-3-17(15-9-5-4-6-10-15)21(24)25-19-13-16-11-7-8-12-18(16)20(19)22-14(2)23/h4-12,17,19-20H,3,13H2,1-2H3,(H,22,23)/t17-,19-,20+/m0/s1. The van der Waals surface area contributed by atoms with Crippen LogP contribution in [-0.2, 0) is 20.7 Å². The van der Waals surface area contributed by atoms with E-state index in [0.717, 1.165) is 16.7 Å². The maximum Gasteiger partial charge on any atom is 0.313 e. The van der Waals surface area contributed by atoms with Gasteiger partial charge in [0.15, 0.2) is 0 Å². The first-order chi connectivity index (χ1) is 12.1. The summed E-state index contributed by atoms with van der Waals surface area (Å²) < 4.78 is 5.86. The van der Waals surface area contributed by atoms with Crippen LogP contribution < -0.4 is 5.32 Å². The molecule has 0 saturated carbocycles. The van der Waals surface area contributed by atoms with Gasteiger partial charge in [0.05, 0.1) is 12.0 Å². The lowest BCUT2D eigenvalue weighted by atomic mass is 9.96. The van der Waals surface area contributed by atoms with Gasteiger partial charge in [-0.3, -0.25) is 9.59 Å². The quantitative estimate of drug-likeness (QED) is 0.849. The van der Waals surface area contributed by atoms with Crippen LogP contribution >= 0.6 is 0 Å². The van der Waals surface area contributed by atoms with E-state index in [0.29, 0.717) is 12.8 Å². The fourth-order valence-electron chi connectivity index (χ4n) is 3.51. The summed E-state index contributed by atoms with van der Waals surface area (Å²) in [5, 5.41) is 2.93. The zero-order valence-corrected chi connectivity index (χ0v) is 14.6. The number of ether oxygens (including phenoxy) is 1. The monoisotopic (exact) mass is 337 g/mol. The molecule has 1 aliphatic carbocycles. The Morgan fingerprint density at radius 3 is 2.48 bits per heavy atom. The van der Waals surface area contributed by atoms with Crippen LogP contribution in [0.4, 0.5) is 0 Å². The van der Waals surface area contributed by atoms with Crippen molar-refractivity contribution in [2.45, 2.75) is 44.8 Å². The van der Waals surface area contributed by atoms with Crippen molar-refractivity contribution in [1.29, 1.82) is 0 Å². The predicted octanol–water partition coefficient (Wildman–Crippen LogP) is 3.53. The Balaban J connectivity index is 1.79. The lowest BCUT2D eigenvalue weighted by molar-refractivity contribution is -0.152. The van der Waals surface area contributed by atoms with E-state index in [-0.39, 0.29) is 29.9 Å². The maximum absolute atomic E-state index is 12.8. The Morgan fingerprint density at radius 2 is 1.80 bits per heavy atom. The molecular formula is C21H23NO3. The molecule has 1 aliphatic rings. The van der Waals surface area contributed by atoms with Gasteiger partial charge in [-0.15, -0.1) is 0 Å².